The number of carbonyl (C=O) groups is 2. The Hall–Kier alpha value is -2.00. The Labute approximate surface area is 185 Å². The lowest BCUT2D eigenvalue weighted by atomic mass is 10.0. The third-order valence-corrected chi connectivity index (χ3v) is 7.55. The van der Waals surface area contributed by atoms with E-state index in [0.717, 1.165) is 40.3 Å². The maximum atomic E-state index is 12.6. The van der Waals surface area contributed by atoms with Gasteiger partial charge in [0.1, 0.15) is 5.00 Å². The van der Waals surface area contributed by atoms with Crippen LogP contribution >= 0.6 is 38.6 Å². The first-order chi connectivity index (χ1) is 14.0. The molecule has 0 fully saturated rings. The molecule has 2 aromatic heterocycles. The van der Waals surface area contributed by atoms with Crippen molar-refractivity contribution in [2.75, 3.05) is 19.0 Å². The first-order valence-corrected chi connectivity index (χ1v) is 11.5. The number of benzene rings is 1. The van der Waals surface area contributed by atoms with Gasteiger partial charge in [-0.25, -0.2) is 4.79 Å². The number of hydrogen-bond acceptors (Lipinski definition) is 6. The first-order valence-electron chi connectivity index (χ1n) is 9.11. The Balaban J connectivity index is 1.58. The predicted octanol–water partition coefficient (Wildman–Crippen LogP) is 5.17. The van der Waals surface area contributed by atoms with Crippen molar-refractivity contribution in [2.45, 2.75) is 19.5 Å². The van der Waals surface area contributed by atoms with Crippen molar-refractivity contribution in [2.24, 2.45) is 0 Å². The maximum absolute atomic E-state index is 12.6. The van der Waals surface area contributed by atoms with Crippen LogP contribution in [0.3, 0.4) is 0 Å². The molecule has 4 rings (SSSR count). The minimum absolute atomic E-state index is 0.217. The number of thiophene rings is 2. The minimum atomic E-state index is -0.401. The van der Waals surface area contributed by atoms with Crippen LogP contribution in [0.2, 0.25) is 0 Å². The largest absolute Gasteiger partial charge is 0.465 e. The number of nitrogens with zero attached hydrogens (tertiary/aromatic N) is 1. The zero-order valence-corrected chi connectivity index (χ0v) is 19.0. The molecule has 1 aliphatic rings. The summed E-state index contributed by atoms with van der Waals surface area (Å²) in [7, 11) is 1.37. The smallest absolute Gasteiger partial charge is 0.341 e. The number of amides is 1. The maximum Gasteiger partial charge on any atom is 0.341 e. The summed E-state index contributed by atoms with van der Waals surface area (Å²) in [6, 6.07) is 13.9. The molecule has 1 aliphatic heterocycles. The molecule has 1 aromatic carbocycles. The normalized spacial score (nSPS) is 13.7. The van der Waals surface area contributed by atoms with Gasteiger partial charge in [-0.3, -0.25) is 9.69 Å². The number of halogens is 1. The van der Waals surface area contributed by atoms with E-state index in [1.54, 1.807) is 6.07 Å². The van der Waals surface area contributed by atoms with Crippen LogP contribution in [0, 0.1) is 0 Å². The molecule has 0 aliphatic carbocycles. The van der Waals surface area contributed by atoms with Crippen LogP contribution in [-0.2, 0) is 24.2 Å². The van der Waals surface area contributed by atoms with Crippen molar-refractivity contribution in [1.29, 1.82) is 0 Å². The molecule has 1 N–H and O–H groups in total. The average molecular weight is 491 g/mol. The van der Waals surface area contributed by atoms with Gasteiger partial charge in [0.2, 0.25) is 0 Å². The summed E-state index contributed by atoms with van der Waals surface area (Å²) >= 11 is 6.20. The fourth-order valence-corrected chi connectivity index (χ4v) is 5.99. The number of nitrogens with one attached hydrogen (secondary N) is 1. The van der Waals surface area contributed by atoms with Gasteiger partial charge in [-0.2, -0.15) is 0 Å². The molecule has 0 saturated carbocycles. The van der Waals surface area contributed by atoms with E-state index >= 15 is 0 Å². The fraction of sp³-hybridized carbons (Fsp3) is 0.238. The minimum Gasteiger partial charge on any atom is -0.465 e. The van der Waals surface area contributed by atoms with E-state index in [-0.39, 0.29) is 5.91 Å². The molecule has 0 unspecified atom stereocenters. The van der Waals surface area contributed by atoms with Gasteiger partial charge in [0.05, 0.1) is 21.3 Å². The lowest BCUT2D eigenvalue weighted by molar-refractivity contribution is 0.0600. The van der Waals surface area contributed by atoms with E-state index in [0.29, 0.717) is 15.4 Å². The van der Waals surface area contributed by atoms with Crippen molar-refractivity contribution in [3.63, 3.8) is 0 Å². The quantitative estimate of drug-likeness (QED) is 0.501. The molecule has 8 heteroatoms. The summed E-state index contributed by atoms with van der Waals surface area (Å²) < 4.78 is 5.90. The summed E-state index contributed by atoms with van der Waals surface area (Å²) in [4.78, 5) is 29.2. The lowest BCUT2D eigenvalue weighted by Crippen LogP contribution is -2.29. The third kappa shape index (κ3) is 4.45. The number of methoxy groups -OCH3 is 1. The highest BCUT2D eigenvalue weighted by atomic mass is 79.9. The topological polar surface area (TPSA) is 58.6 Å². The van der Waals surface area contributed by atoms with Crippen LogP contribution in [0.5, 0.6) is 0 Å². The Morgan fingerprint density at radius 1 is 1.17 bits per heavy atom. The van der Waals surface area contributed by atoms with Gasteiger partial charge >= 0.3 is 5.97 Å². The second-order valence-electron chi connectivity index (χ2n) is 6.70. The van der Waals surface area contributed by atoms with Crippen LogP contribution in [0.4, 0.5) is 5.00 Å². The zero-order valence-electron chi connectivity index (χ0n) is 15.7. The van der Waals surface area contributed by atoms with Crippen LogP contribution < -0.4 is 5.32 Å². The standard InChI is InChI=1S/C21H19BrN2O3S2/c1-27-21(26)18-14-9-10-24(11-13-5-3-2-4-6-13)12-16(14)29-20(18)23-19(25)15-7-8-17(22)28-15/h2-8H,9-12H2,1H3,(H,23,25). The number of anilines is 1. The number of rotatable bonds is 5. The van der Waals surface area contributed by atoms with Crippen molar-refractivity contribution < 1.29 is 14.3 Å². The van der Waals surface area contributed by atoms with Gasteiger partial charge in [0.15, 0.2) is 0 Å². The van der Waals surface area contributed by atoms with Gasteiger partial charge in [-0.1, -0.05) is 30.3 Å². The van der Waals surface area contributed by atoms with Crippen molar-refractivity contribution >= 4 is 55.5 Å². The van der Waals surface area contributed by atoms with Gasteiger partial charge in [0, 0.05) is 24.5 Å². The highest BCUT2D eigenvalue weighted by Gasteiger charge is 2.29. The number of esters is 1. The molecule has 29 heavy (non-hydrogen) atoms. The summed E-state index contributed by atoms with van der Waals surface area (Å²) in [5.74, 6) is -0.618. The molecule has 1 amide bonds. The van der Waals surface area contributed by atoms with Crippen LogP contribution in [0.15, 0.2) is 46.3 Å². The summed E-state index contributed by atoms with van der Waals surface area (Å²) in [5.41, 5.74) is 2.75. The molecular weight excluding hydrogens is 472 g/mol. The van der Waals surface area contributed by atoms with Gasteiger partial charge < -0.3 is 10.1 Å². The number of carbonyl (C=O) groups excluding carboxylic acids is 2. The molecule has 3 aromatic rings. The molecule has 150 valence electrons. The molecule has 0 saturated heterocycles. The van der Waals surface area contributed by atoms with Gasteiger partial charge in [-0.05, 0) is 45.6 Å². The van der Waals surface area contributed by atoms with E-state index in [4.69, 9.17) is 4.74 Å². The fourth-order valence-electron chi connectivity index (χ4n) is 3.44. The number of hydrogen-bond donors (Lipinski definition) is 1. The summed E-state index contributed by atoms with van der Waals surface area (Å²) in [5, 5.41) is 3.49. The van der Waals surface area contributed by atoms with E-state index < -0.39 is 5.97 Å². The van der Waals surface area contributed by atoms with Gasteiger partial charge in [-0.15, -0.1) is 22.7 Å². The number of ether oxygens (including phenoxy) is 1. The van der Waals surface area contributed by atoms with Crippen molar-refractivity contribution in [1.82, 2.24) is 4.90 Å². The van der Waals surface area contributed by atoms with E-state index in [1.165, 1.54) is 35.3 Å². The summed E-state index contributed by atoms with van der Waals surface area (Å²) in [6.45, 7) is 2.46. The Bertz CT molecular complexity index is 1050. The molecule has 0 bridgehead atoms. The highest BCUT2D eigenvalue weighted by Crippen LogP contribution is 2.38. The Kier molecular flexibility index (Phi) is 6.15. The number of fused-ring (bicyclic) bond motifs is 1. The first kappa shape index (κ1) is 20.3. The Morgan fingerprint density at radius 2 is 1.97 bits per heavy atom. The zero-order chi connectivity index (χ0) is 20.4. The second-order valence-corrected chi connectivity index (χ2v) is 10.3. The van der Waals surface area contributed by atoms with Crippen LogP contribution in [-0.4, -0.2) is 30.4 Å². The van der Waals surface area contributed by atoms with E-state index in [2.05, 4.69) is 38.3 Å². The van der Waals surface area contributed by atoms with Crippen molar-refractivity contribution in [3.8, 4) is 0 Å². The highest BCUT2D eigenvalue weighted by molar-refractivity contribution is 9.11. The SMILES string of the molecule is COC(=O)c1c(NC(=O)c2ccc(Br)s2)sc2c1CCN(Cc1ccccc1)C2. The van der Waals surface area contributed by atoms with Crippen LogP contribution in [0.25, 0.3) is 0 Å². The summed E-state index contributed by atoms with van der Waals surface area (Å²) in [6.07, 6.45) is 0.753. The van der Waals surface area contributed by atoms with Crippen LogP contribution in [0.1, 0.15) is 36.0 Å². The van der Waals surface area contributed by atoms with Crippen molar-refractivity contribution in [3.05, 3.63) is 72.7 Å². The lowest BCUT2D eigenvalue weighted by Gasteiger charge is -2.27. The molecule has 0 atom stereocenters. The van der Waals surface area contributed by atoms with Gasteiger partial charge in [0.25, 0.3) is 5.91 Å². The average Bonchev–Trinajstić information content (AvgIpc) is 3.31. The molecular formula is C21H19BrN2O3S2. The molecule has 0 radical (unpaired) electrons. The van der Waals surface area contributed by atoms with E-state index in [9.17, 15) is 9.59 Å². The monoisotopic (exact) mass is 490 g/mol. The predicted molar refractivity (Wildman–Crippen MR) is 120 cm³/mol. The molecule has 5 nitrogen and oxygen atoms in total. The molecule has 0 spiro atoms. The Morgan fingerprint density at radius 3 is 2.66 bits per heavy atom. The van der Waals surface area contributed by atoms with E-state index in [1.807, 2.05) is 24.3 Å². The third-order valence-electron chi connectivity index (χ3n) is 4.80. The second kappa shape index (κ2) is 8.79. The molecule has 3 heterocycles.